The molecular formula is C54H80N6O15. The van der Waals surface area contributed by atoms with Crippen LogP contribution in [0.4, 0.5) is 9.59 Å². The first kappa shape index (κ1) is 60.7. The average molecular weight is 1050 g/mol. The number of nitrogens with one attached hydrogen (secondary N) is 5. The van der Waals surface area contributed by atoms with Crippen LogP contribution in [0.25, 0.3) is 21.8 Å². The summed E-state index contributed by atoms with van der Waals surface area (Å²) < 4.78 is 42.1. The number of hydrogen-bond donors (Lipinski definition) is 6. The normalized spacial score (nSPS) is 17.9. The van der Waals surface area contributed by atoms with E-state index in [0.29, 0.717) is 41.8 Å². The van der Waals surface area contributed by atoms with Crippen LogP contribution in [-0.2, 0) is 51.0 Å². The minimum atomic E-state index is -1.09. The molecule has 0 radical (unpaired) electrons. The standard InChI is InChI=1S/C27H39N3O7.C19H26N2O4.C8H15NO4/c1-14(2)10-19-23-17(16-12-21(34-7)22(35-8)13-18(16)29-23)11-20(25(32)36-9)30(19)24(31)15(3)28-26(33)37-27(4,5)6;1-10(2)6-14-18-12(7-15(20-14)19(22)25-5)11-8-16(23-3)17(24-4)9-13(11)21-18;1-5(6(10)11)9-7(12)13-8(2,3)4/h12-15,19-20,29H,10-11H2,1-9H3,(H,28,33);8-10,14-15,20-21H,6-7H2,1-5H3;5H,1-4H3,(H,9,12)(H,10,11)/t15-,19-,20-;14-,15-;5-/m000/s1. The van der Waals surface area contributed by atoms with Crippen molar-refractivity contribution in [3.05, 3.63) is 46.8 Å². The van der Waals surface area contributed by atoms with Gasteiger partial charge in [0.1, 0.15) is 35.4 Å². The number of benzene rings is 2. The van der Waals surface area contributed by atoms with Crippen LogP contribution in [0.2, 0.25) is 0 Å². The number of methoxy groups -OCH3 is 6. The molecule has 0 bridgehead atoms. The molecule has 6 N–H and O–H groups in total. The van der Waals surface area contributed by atoms with Crippen LogP contribution in [-0.4, -0.2) is 134 Å². The Bertz CT molecular complexity index is 2660. The molecule has 4 aromatic rings. The van der Waals surface area contributed by atoms with Gasteiger partial charge in [0.05, 0.1) is 48.7 Å². The summed E-state index contributed by atoms with van der Waals surface area (Å²) in [5.74, 6) is 0.976. The minimum Gasteiger partial charge on any atom is -0.493 e. The fraction of sp³-hybridized carbons (Fsp3) is 0.593. The molecule has 0 unspecified atom stereocenters. The summed E-state index contributed by atoms with van der Waals surface area (Å²) in [6, 6.07) is 4.22. The number of aromatic amines is 2. The van der Waals surface area contributed by atoms with E-state index in [1.165, 1.54) is 21.1 Å². The highest BCUT2D eigenvalue weighted by atomic mass is 16.6. The van der Waals surface area contributed by atoms with Crippen molar-refractivity contribution in [2.45, 2.75) is 156 Å². The molecule has 21 nitrogen and oxygen atoms in total. The fourth-order valence-corrected chi connectivity index (χ4v) is 9.04. The Hall–Kier alpha value is -6.90. The Balaban J connectivity index is 0.000000275. The van der Waals surface area contributed by atoms with Gasteiger partial charge < -0.3 is 68.5 Å². The van der Waals surface area contributed by atoms with Crippen molar-refractivity contribution in [3.8, 4) is 23.0 Å². The summed E-state index contributed by atoms with van der Waals surface area (Å²) in [5.41, 5.74) is 4.54. The predicted molar refractivity (Wildman–Crippen MR) is 281 cm³/mol. The quantitative estimate of drug-likeness (QED) is 0.0515. The SMILES string of the molecule is COC(=O)[C@@H]1Cc2c([nH]c3cc(OC)c(OC)cc23)[C@H](CC(C)C)N1.COC(=O)[C@@H]1Cc2c([nH]c3cc(OC)c(OC)cc23)[C@H](CC(C)C)N1C(=O)[C@H](C)NC(=O)OC(C)(C)C.C[C@H](NC(=O)OC(C)(C)C)C(=O)O. The van der Waals surface area contributed by atoms with Gasteiger partial charge in [-0.3, -0.25) is 19.7 Å². The number of carbonyl (C=O) groups excluding carboxylic acids is 5. The van der Waals surface area contributed by atoms with Crippen LogP contribution in [0, 0.1) is 11.8 Å². The lowest BCUT2D eigenvalue weighted by molar-refractivity contribution is -0.157. The van der Waals surface area contributed by atoms with E-state index in [1.54, 1.807) is 81.8 Å². The highest BCUT2D eigenvalue weighted by Gasteiger charge is 2.45. The first-order chi connectivity index (χ1) is 35.0. The average Bonchev–Trinajstić information content (AvgIpc) is 3.88. The van der Waals surface area contributed by atoms with Crippen molar-refractivity contribution >= 4 is 57.8 Å². The Labute approximate surface area is 439 Å². The third kappa shape index (κ3) is 15.6. The molecule has 4 heterocycles. The lowest BCUT2D eigenvalue weighted by Gasteiger charge is -2.42. The van der Waals surface area contributed by atoms with E-state index < -0.39 is 65.4 Å². The second kappa shape index (κ2) is 25.6. The molecule has 3 amide bonds. The molecule has 2 aromatic carbocycles. The van der Waals surface area contributed by atoms with E-state index in [-0.39, 0.29) is 30.4 Å². The Morgan fingerprint density at radius 2 is 1.04 bits per heavy atom. The van der Waals surface area contributed by atoms with Crippen molar-refractivity contribution in [2.24, 2.45) is 11.8 Å². The van der Waals surface area contributed by atoms with Gasteiger partial charge in [0.2, 0.25) is 5.91 Å². The smallest absolute Gasteiger partial charge is 0.408 e. The zero-order valence-electron chi connectivity index (χ0n) is 46.9. The number of hydrogen-bond acceptors (Lipinski definition) is 15. The number of aliphatic carboxylic acids is 1. The number of esters is 2. The number of fused-ring (bicyclic) bond motifs is 6. The summed E-state index contributed by atoms with van der Waals surface area (Å²) in [5, 5.41) is 18.7. The molecule has 0 aliphatic carbocycles. The molecule has 0 saturated carbocycles. The van der Waals surface area contributed by atoms with Gasteiger partial charge in [-0.1, -0.05) is 27.7 Å². The lowest BCUT2D eigenvalue weighted by Crippen LogP contribution is -2.57. The number of aromatic nitrogens is 2. The first-order valence-corrected chi connectivity index (χ1v) is 25.0. The topological polar surface area (TPSA) is 267 Å². The molecule has 2 aromatic heterocycles. The molecule has 21 heteroatoms. The van der Waals surface area contributed by atoms with Crippen molar-refractivity contribution < 1.29 is 71.8 Å². The van der Waals surface area contributed by atoms with Crippen molar-refractivity contribution in [1.82, 2.24) is 30.8 Å². The Kier molecular flexibility index (Phi) is 20.7. The number of ether oxygens (including phenoxy) is 8. The van der Waals surface area contributed by atoms with E-state index in [9.17, 15) is 28.8 Å². The van der Waals surface area contributed by atoms with Gasteiger partial charge in [0.15, 0.2) is 23.0 Å². The monoisotopic (exact) mass is 1050 g/mol. The van der Waals surface area contributed by atoms with Gasteiger partial charge in [-0.15, -0.1) is 0 Å². The highest BCUT2D eigenvalue weighted by Crippen LogP contribution is 2.44. The molecular weight excluding hydrogens is 973 g/mol. The predicted octanol–water partition coefficient (Wildman–Crippen LogP) is 8.06. The van der Waals surface area contributed by atoms with Crippen LogP contribution in [0.1, 0.15) is 131 Å². The van der Waals surface area contributed by atoms with E-state index in [4.69, 9.17) is 43.0 Å². The maximum Gasteiger partial charge on any atom is 0.408 e. The van der Waals surface area contributed by atoms with Crippen molar-refractivity contribution in [2.75, 3.05) is 42.7 Å². The summed E-state index contributed by atoms with van der Waals surface area (Å²) in [4.78, 5) is 81.3. The molecule has 0 saturated heterocycles. The van der Waals surface area contributed by atoms with Gasteiger partial charge in [-0.2, -0.15) is 0 Å². The van der Waals surface area contributed by atoms with Gasteiger partial charge in [-0.25, -0.2) is 14.4 Å². The molecule has 416 valence electrons. The number of amides is 3. The number of rotatable bonds is 14. The van der Waals surface area contributed by atoms with E-state index in [2.05, 4.69) is 53.6 Å². The van der Waals surface area contributed by atoms with E-state index in [1.807, 2.05) is 24.3 Å². The van der Waals surface area contributed by atoms with Crippen LogP contribution < -0.4 is 34.9 Å². The zero-order chi connectivity index (χ0) is 56.4. The molecule has 2 aliphatic rings. The summed E-state index contributed by atoms with van der Waals surface area (Å²) in [7, 11) is 9.14. The highest BCUT2D eigenvalue weighted by molar-refractivity contribution is 5.94. The number of carboxylic acid groups (broad SMARTS) is 1. The minimum absolute atomic E-state index is 0.0808. The van der Waals surface area contributed by atoms with Crippen molar-refractivity contribution in [3.63, 3.8) is 0 Å². The summed E-state index contributed by atoms with van der Waals surface area (Å²) in [6.45, 7) is 21.8. The second-order valence-electron chi connectivity index (χ2n) is 21.4. The largest absolute Gasteiger partial charge is 0.493 e. The number of alkyl carbamates (subject to hydrolysis) is 2. The molecule has 0 fully saturated rings. The zero-order valence-corrected chi connectivity index (χ0v) is 46.9. The molecule has 0 spiro atoms. The van der Waals surface area contributed by atoms with Gasteiger partial charge >= 0.3 is 30.1 Å². The van der Waals surface area contributed by atoms with Gasteiger partial charge in [0, 0.05) is 64.2 Å². The maximum absolute atomic E-state index is 13.8. The molecule has 6 rings (SSSR count). The van der Waals surface area contributed by atoms with Crippen molar-refractivity contribution in [1.29, 1.82) is 0 Å². The summed E-state index contributed by atoms with van der Waals surface area (Å²) in [6.07, 6.45) is 0.935. The van der Waals surface area contributed by atoms with Gasteiger partial charge in [0.25, 0.3) is 0 Å². The summed E-state index contributed by atoms with van der Waals surface area (Å²) >= 11 is 0. The second-order valence-corrected chi connectivity index (χ2v) is 21.4. The number of H-pyrrole nitrogens is 2. The number of nitrogens with zero attached hydrogens (tertiary/aromatic N) is 1. The third-order valence-corrected chi connectivity index (χ3v) is 12.3. The van der Waals surface area contributed by atoms with E-state index in [0.717, 1.165) is 50.7 Å². The van der Waals surface area contributed by atoms with Crippen LogP contribution >= 0.6 is 0 Å². The van der Waals surface area contributed by atoms with Crippen LogP contribution in [0.3, 0.4) is 0 Å². The van der Waals surface area contributed by atoms with E-state index >= 15 is 0 Å². The lowest BCUT2D eigenvalue weighted by atomic mass is 9.87. The number of carboxylic acids is 1. The molecule has 6 atom stereocenters. The Morgan fingerprint density at radius 1 is 0.613 bits per heavy atom. The molecule has 2 aliphatic heterocycles. The third-order valence-electron chi connectivity index (χ3n) is 12.3. The van der Waals surface area contributed by atoms with Crippen LogP contribution in [0.15, 0.2) is 24.3 Å². The first-order valence-electron chi connectivity index (χ1n) is 25.0. The maximum atomic E-state index is 13.8. The molecule has 75 heavy (non-hydrogen) atoms. The van der Waals surface area contributed by atoms with Gasteiger partial charge in [-0.05, 0) is 103 Å². The fourth-order valence-electron chi connectivity index (χ4n) is 9.04. The Morgan fingerprint density at radius 3 is 1.45 bits per heavy atom. The van der Waals surface area contributed by atoms with Crippen LogP contribution in [0.5, 0.6) is 23.0 Å². The number of carbonyl (C=O) groups is 6.